The fourth-order valence-corrected chi connectivity index (χ4v) is 2.60. The molecule has 0 bridgehead atoms. The number of H-pyrrole nitrogens is 1. The van der Waals surface area contributed by atoms with Gasteiger partial charge in [-0.1, -0.05) is 12.1 Å². The Morgan fingerprint density at radius 1 is 1.17 bits per heavy atom. The van der Waals surface area contributed by atoms with Crippen LogP contribution in [-0.2, 0) is 6.42 Å². The number of carbonyl (C=O) groups excluding carboxylic acids is 1. The number of nitrogens with zero attached hydrogens (tertiary/aromatic N) is 1. The molecule has 2 aromatic carbocycles. The van der Waals surface area contributed by atoms with E-state index in [0.29, 0.717) is 12.1 Å². The van der Waals surface area contributed by atoms with Crippen molar-refractivity contribution in [2.24, 2.45) is 0 Å². The predicted octanol–water partition coefficient (Wildman–Crippen LogP) is 2.26. The van der Waals surface area contributed by atoms with Crippen LogP contribution in [0, 0.1) is 0 Å². The molecule has 2 heterocycles. The molecule has 6 heteroatoms. The molecule has 0 saturated heterocycles. The fraction of sp³-hybridized carbons (Fsp3) is 0.176. The first kappa shape index (κ1) is 13.6. The number of nitrogens with one attached hydrogen (secondary N) is 2. The van der Waals surface area contributed by atoms with Gasteiger partial charge in [0.05, 0.1) is 11.7 Å². The highest BCUT2D eigenvalue weighted by Crippen LogP contribution is 2.32. The van der Waals surface area contributed by atoms with Gasteiger partial charge in [-0.25, -0.2) is 0 Å². The third-order valence-corrected chi connectivity index (χ3v) is 3.84. The van der Waals surface area contributed by atoms with Crippen molar-refractivity contribution in [2.75, 3.05) is 13.3 Å². The highest BCUT2D eigenvalue weighted by molar-refractivity contribution is 5.97. The average Bonchev–Trinajstić information content (AvgIpc) is 3.22. The molecule has 3 aromatic rings. The van der Waals surface area contributed by atoms with Crippen molar-refractivity contribution < 1.29 is 14.3 Å². The molecule has 23 heavy (non-hydrogen) atoms. The summed E-state index contributed by atoms with van der Waals surface area (Å²) in [6, 6.07) is 11.3. The van der Waals surface area contributed by atoms with Crippen LogP contribution in [0.25, 0.3) is 10.9 Å². The van der Waals surface area contributed by atoms with Gasteiger partial charge in [0.2, 0.25) is 6.79 Å². The van der Waals surface area contributed by atoms with Gasteiger partial charge in [-0.3, -0.25) is 9.89 Å². The van der Waals surface area contributed by atoms with E-state index in [1.54, 1.807) is 18.3 Å². The standard InChI is InChI=1S/C17H15N3O3/c21-17(12-2-3-13-9-19-20-14(13)8-12)18-6-5-11-1-4-15-16(7-11)23-10-22-15/h1-4,7-9H,5-6,10H2,(H,18,21)(H,19,20). The lowest BCUT2D eigenvalue weighted by Gasteiger charge is -2.06. The molecule has 1 amide bonds. The maximum Gasteiger partial charge on any atom is 0.251 e. The van der Waals surface area contributed by atoms with E-state index in [1.165, 1.54) is 0 Å². The molecule has 0 aliphatic carbocycles. The van der Waals surface area contributed by atoms with Crippen LogP contribution in [0.1, 0.15) is 15.9 Å². The van der Waals surface area contributed by atoms with Gasteiger partial charge in [-0.15, -0.1) is 0 Å². The lowest BCUT2D eigenvalue weighted by molar-refractivity contribution is 0.0954. The molecule has 0 atom stereocenters. The van der Waals surface area contributed by atoms with Crippen molar-refractivity contribution in [1.82, 2.24) is 15.5 Å². The van der Waals surface area contributed by atoms with Gasteiger partial charge in [-0.2, -0.15) is 5.10 Å². The van der Waals surface area contributed by atoms with Crippen molar-refractivity contribution in [1.29, 1.82) is 0 Å². The average molecular weight is 309 g/mol. The van der Waals surface area contributed by atoms with Crippen LogP contribution in [0.15, 0.2) is 42.6 Å². The van der Waals surface area contributed by atoms with Gasteiger partial charge in [0, 0.05) is 17.5 Å². The van der Waals surface area contributed by atoms with Crippen molar-refractivity contribution in [3.05, 3.63) is 53.7 Å². The first-order chi connectivity index (χ1) is 11.3. The molecule has 0 unspecified atom stereocenters. The van der Waals surface area contributed by atoms with Crippen LogP contribution < -0.4 is 14.8 Å². The Morgan fingerprint density at radius 2 is 2.09 bits per heavy atom. The van der Waals surface area contributed by atoms with Crippen LogP contribution in [0.3, 0.4) is 0 Å². The quantitative estimate of drug-likeness (QED) is 0.775. The van der Waals surface area contributed by atoms with Crippen LogP contribution in [0.4, 0.5) is 0 Å². The summed E-state index contributed by atoms with van der Waals surface area (Å²) in [6.45, 7) is 0.824. The molecule has 0 radical (unpaired) electrons. The summed E-state index contributed by atoms with van der Waals surface area (Å²) in [5, 5.41) is 10.7. The molecule has 0 fully saturated rings. The molecule has 4 rings (SSSR count). The first-order valence-electron chi connectivity index (χ1n) is 7.39. The van der Waals surface area contributed by atoms with Gasteiger partial charge < -0.3 is 14.8 Å². The van der Waals surface area contributed by atoms with E-state index >= 15 is 0 Å². The SMILES string of the molecule is O=C(NCCc1ccc2c(c1)OCO2)c1ccc2cn[nH]c2c1. The summed E-state index contributed by atoms with van der Waals surface area (Å²) in [5.41, 5.74) is 2.57. The highest BCUT2D eigenvalue weighted by Gasteiger charge is 2.13. The molecule has 116 valence electrons. The normalized spacial score (nSPS) is 12.5. The number of benzene rings is 2. The lowest BCUT2D eigenvalue weighted by atomic mass is 10.1. The number of hydrogen-bond donors (Lipinski definition) is 2. The number of fused-ring (bicyclic) bond motifs is 2. The number of carbonyl (C=O) groups is 1. The second-order valence-corrected chi connectivity index (χ2v) is 5.37. The Morgan fingerprint density at radius 3 is 3.04 bits per heavy atom. The van der Waals surface area contributed by atoms with Crippen LogP contribution >= 0.6 is 0 Å². The van der Waals surface area contributed by atoms with Crippen LogP contribution in [0.5, 0.6) is 11.5 Å². The van der Waals surface area contributed by atoms with Gasteiger partial charge in [0.25, 0.3) is 5.91 Å². The number of aromatic amines is 1. The largest absolute Gasteiger partial charge is 0.454 e. The number of hydrogen-bond acceptors (Lipinski definition) is 4. The first-order valence-corrected chi connectivity index (χ1v) is 7.39. The Bertz CT molecular complexity index is 872. The topological polar surface area (TPSA) is 76.2 Å². The summed E-state index contributed by atoms with van der Waals surface area (Å²) in [6.07, 6.45) is 2.46. The van der Waals surface area contributed by atoms with Gasteiger partial charge in [0.15, 0.2) is 11.5 Å². The van der Waals surface area contributed by atoms with E-state index in [-0.39, 0.29) is 12.7 Å². The van der Waals surface area contributed by atoms with Crippen molar-refractivity contribution >= 4 is 16.8 Å². The van der Waals surface area contributed by atoms with E-state index in [1.807, 2.05) is 24.3 Å². The summed E-state index contributed by atoms with van der Waals surface area (Å²) in [5.74, 6) is 1.44. The summed E-state index contributed by atoms with van der Waals surface area (Å²) in [7, 11) is 0. The zero-order valence-electron chi connectivity index (χ0n) is 12.3. The Hall–Kier alpha value is -3.02. The van der Waals surface area contributed by atoms with Crippen molar-refractivity contribution in [3.8, 4) is 11.5 Å². The van der Waals surface area contributed by atoms with Crippen LogP contribution in [0.2, 0.25) is 0 Å². The van der Waals surface area contributed by atoms with E-state index in [2.05, 4.69) is 15.5 Å². The second kappa shape index (κ2) is 5.64. The molecule has 2 N–H and O–H groups in total. The lowest BCUT2D eigenvalue weighted by Crippen LogP contribution is -2.25. The smallest absolute Gasteiger partial charge is 0.251 e. The van der Waals surface area contributed by atoms with E-state index < -0.39 is 0 Å². The van der Waals surface area contributed by atoms with Crippen molar-refractivity contribution in [3.63, 3.8) is 0 Å². The minimum atomic E-state index is -0.0951. The number of amides is 1. The van der Waals surface area contributed by atoms with E-state index in [4.69, 9.17) is 9.47 Å². The van der Waals surface area contributed by atoms with E-state index in [0.717, 1.165) is 34.4 Å². The molecule has 1 aliphatic heterocycles. The number of aromatic nitrogens is 2. The minimum Gasteiger partial charge on any atom is -0.454 e. The maximum absolute atomic E-state index is 12.2. The Kier molecular flexibility index (Phi) is 3.34. The summed E-state index contributed by atoms with van der Waals surface area (Å²) < 4.78 is 10.6. The predicted molar refractivity (Wildman–Crippen MR) is 84.7 cm³/mol. The summed E-state index contributed by atoms with van der Waals surface area (Å²) >= 11 is 0. The molecule has 1 aromatic heterocycles. The fourth-order valence-electron chi connectivity index (χ4n) is 2.60. The summed E-state index contributed by atoms with van der Waals surface area (Å²) in [4.78, 5) is 12.2. The number of rotatable bonds is 4. The molecule has 0 saturated carbocycles. The molecule has 0 spiro atoms. The van der Waals surface area contributed by atoms with Gasteiger partial charge in [0.1, 0.15) is 0 Å². The zero-order valence-corrected chi connectivity index (χ0v) is 12.3. The molecular weight excluding hydrogens is 294 g/mol. The third kappa shape index (κ3) is 2.70. The minimum absolute atomic E-state index is 0.0951. The highest BCUT2D eigenvalue weighted by atomic mass is 16.7. The maximum atomic E-state index is 12.2. The molecule has 6 nitrogen and oxygen atoms in total. The molecular formula is C17H15N3O3. The Labute approximate surface area is 132 Å². The third-order valence-electron chi connectivity index (χ3n) is 3.84. The second-order valence-electron chi connectivity index (χ2n) is 5.37. The van der Waals surface area contributed by atoms with Gasteiger partial charge >= 0.3 is 0 Å². The monoisotopic (exact) mass is 309 g/mol. The van der Waals surface area contributed by atoms with Gasteiger partial charge in [-0.05, 0) is 36.2 Å². The van der Waals surface area contributed by atoms with E-state index in [9.17, 15) is 4.79 Å². The molecule has 1 aliphatic rings. The zero-order chi connectivity index (χ0) is 15.6. The van der Waals surface area contributed by atoms with Crippen molar-refractivity contribution in [2.45, 2.75) is 6.42 Å². The van der Waals surface area contributed by atoms with Crippen LogP contribution in [-0.4, -0.2) is 29.4 Å². The Balaban J connectivity index is 1.37. The number of ether oxygens (including phenoxy) is 2.